The van der Waals surface area contributed by atoms with Crippen molar-refractivity contribution < 1.29 is 14.3 Å². The van der Waals surface area contributed by atoms with E-state index < -0.39 is 8.60 Å². The van der Waals surface area contributed by atoms with Crippen LogP contribution in [-0.2, 0) is 12.8 Å². The van der Waals surface area contributed by atoms with Gasteiger partial charge in [-0.2, -0.15) is 0 Å². The summed E-state index contributed by atoms with van der Waals surface area (Å²) in [5, 5.41) is 0. The maximum atomic E-state index is 9.46. The van der Waals surface area contributed by atoms with Crippen LogP contribution in [0.25, 0.3) is 0 Å². The highest BCUT2D eigenvalue weighted by molar-refractivity contribution is 7.39. The summed E-state index contributed by atoms with van der Waals surface area (Å²) in [4.78, 5) is 18.9. The summed E-state index contributed by atoms with van der Waals surface area (Å²) >= 11 is 0. The fourth-order valence-electron chi connectivity index (χ4n) is 3.59. The normalized spacial score (nSPS) is 11.8. The number of unbranched alkanes of at least 4 members (excludes halogenated alkanes) is 4. The van der Waals surface area contributed by atoms with Crippen molar-refractivity contribution in [1.82, 2.24) is 0 Å². The van der Waals surface area contributed by atoms with Crippen LogP contribution in [0.15, 0.2) is 12.1 Å². The third-order valence-electron chi connectivity index (χ3n) is 5.02. The molecule has 0 heterocycles. The van der Waals surface area contributed by atoms with Gasteiger partial charge in [0.05, 0.1) is 0 Å². The second-order valence-corrected chi connectivity index (χ2v) is 9.43. The Balaban J connectivity index is 2.71. The third-order valence-corrected chi connectivity index (χ3v) is 5.36. The van der Waals surface area contributed by atoms with Gasteiger partial charge in [0.1, 0.15) is 5.75 Å². The maximum Gasteiger partial charge on any atom is 0.391 e. The van der Waals surface area contributed by atoms with Gasteiger partial charge >= 0.3 is 8.60 Å². The van der Waals surface area contributed by atoms with E-state index in [-0.39, 0.29) is 0 Å². The van der Waals surface area contributed by atoms with Crippen molar-refractivity contribution in [2.45, 2.75) is 98.8 Å². The lowest BCUT2D eigenvalue weighted by atomic mass is 9.95. The number of rotatable bonds is 14. The molecular weight excluding hydrogens is 355 g/mol. The van der Waals surface area contributed by atoms with E-state index in [1.165, 1.54) is 44.1 Å². The number of aryl methyl sites for hydroxylation is 3. The maximum absolute atomic E-state index is 9.46. The van der Waals surface area contributed by atoms with Crippen molar-refractivity contribution in [2.75, 3.05) is 0 Å². The number of hydrogen-bond donors (Lipinski definition) is 2. The first-order chi connectivity index (χ1) is 12.8. The van der Waals surface area contributed by atoms with Gasteiger partial charge < -0.3 is 14.3 Å². The smallest absolute Gasteiger partial charge is 0.391 e. The van der Waals surface area contributed by atoms with Crippen LogP contribution in [0.1, 0.15) is 95.8 Å². The van der Waals surface area contributed by atoms with E-state index in [1.54, 1.807) is 0 Å². The fraction of sp³-hybridized carbons (Fsp3) is 0.739. The number of hydrogen-bond acceptors (Lipinski definition) is 3. The molecule has 0 saturated heterocycles. The third kappa shape index (κ3) is 11.1. The first-order valence-electron chi connectivity index (χ1n) is 10.8. The molecule has 1 rings (SSSR count). The van der Waals surface area contributed by atoms with Crippen LogP contribution in [0.4, 0.5) is 0 Å². The minimum atomic E-state index is -2.38. The molecule has 2 N–H and O–H groups in total. The summed E-state index contributed by atoms with van der Waals surface area (Å²) in [6, 6.07) is 4.30. The van der Waals surface area contributed by atoms with E-state index >= 15 is 0 Å². The zero-order valence-corrected chi connectivity index (χ0v) is 19.0. The molecule has 0 radical (unpaired) electrons. The molecule has 0 aliphatic carbocycles. The van der Waals surface area contributed by atoms with Crippen molar-refractivity contribution in [2.24, 2.45) is 11.8 Å². The first kappa shape index (κ1) is 24.4. The van der Waals surface area contributed by atoms with E-state index in [0.717, 1.165) is 54.4 Å². The Hall–Kier alpha value is -0.630. The summed E-state index contributed by atoms with van der Waals surface area (Å²) in [7, 11) is -2.38. The SMILES string of the molecule is Cc1cc(CCCCCC(C)C)c(OP(O)O)c(CCCCCC(C)C)c1. The molecular formula is C23H41O3P. The van der Waals surface area contributed by atoms with Gasteiger partial charge in [0.2, 0.25) is 0 Å². The van der Waals surface area contributed by atoms with Gasteiger partial charge in [-0.05, 0) is 55.6 Å². The predicted molar refractivity (Wildman–Crippen MR) is 117 cm³/mol. The Morgan fingerprint density at radius 1 is 0.778 bits per heavy atom. The molecule has 0 aliphatic rings. The van der Waals surface area contributed by atoms with Crippen LogP contribution < -0.4 is 4.52 Å². The summed E-state index contributed by atoms with van der Waals surface area (Å²) < 4.78 is 5.50. The Bertz CT molecular complexity index is 487. The minimum Gasteiger partial charge on any atom is -0.426 e. The van der Waals surface area contributed by atoms with Crippen molar-refractivity contribution in [1.29, 1.82) is 0 Å². The van der Waals surface area contributed by atoms with Crippen LogP contribution >= 0.6 is 8.60 Å². The monoisotopic (exact) mass is 396 g/mol. The fourth-order valence-corrected chi connectivity index (χ4v) is 3.99. The molecule has 27 heavy (non-hydrogen) atoms. The summed E-state index contributed by atoms with van der Waals surface area (Å²) in [5.41, 5.74) is 3.50. The zero-order chi connectivity index (χ0) is 20.2. The molecule has 0 saturated carbocycles. The van der Waals surface area contributed by atoms with Crippen LogP contribution in [-0.4, -0.2) is 9.79 Å². The Kier molecular flexibility index (Phi) is 12.2. The average Bonchev–Trinajstić information content (AvgIpc) is 2.55. The largest absolute Gasteiger partial charge is 0.426 e. The first-order valence-corrected chi connectivity index (χ1v) is 11.9. The molecule has 0 aliphatic heterocycles. The molecule has 0 spiro atoms. The molecule has 0 aromatic heterocycles. The standard InChI is InChI=1S/C23H41O3P/c1-18(2)12-8-6-10-14-21-16-20(5)17-22(23(21)26-27(24)25)15-11-7-9-13-19(3)4/h16-19,24-25H,6-15H2,1-5H3. The Morgan fingerprint density at radius 2 is 1.22 bits per heavy atom. The predicted octanol–water partition coefficient (Wildman–Crippen LogP) is 7.10. The lowest BCUT2D eigenvalue weighted by Crippen LogP contribution is -2.01. The molecule has 0 unspecified atom stereocenters. The average molecular weight is 397 g/mol. The molecule has 0 atom stereocenters. The van der Waals surface area contributed by atoms with E-state index in [2.05, 4.69) is 46.8 Å². The summed E-state index contributed by atoms with van der Waals surface area (Å²) in [6.07, 6.45) is 11.6. The van der Waals surface area contributed by atoms with Crippen molar-refractivity contribution in [3.63, 3.8) is 0 Å². The van der Waals surface area contributed by atoms with E-state index in [1.807, 2.05) is 0 Å². The van der Waals surface area contributed by atoms with Crippen LogP contribution in [0.2, 0.25) is 0 Å². The minimum absolute atomic E-state index is 0.726. The lowest BCUT2D eigenvalue weighted by molar-refractivity contribution is 0.371. The van der Waals surface area contributed by atoms with Gasteiger partial charge in [-0.3, -0.25) is 0 Å². The van der Waals surface area contributed by atoms with Crippen LogP contribution in [0, 0.1) is 18.8 Å². The summed E-state index contributed by atoms with van der Waals surface area (Å²) in [6.45, 7) is 11.2. The molecule has 0 bridgehead atoms. The van der Waals surface area contributed by atoms with Gasteiger partial charge in [-0.15, -0.1) is 0 Å². The second kappa shape index (κ2) is 13.5. The van der Waals surface area contributed by atoms with Crippen molar-refractivity contribution in [3.8, 4) is 5.75 Å². The quantitative estimate of drug-likeness (QED) is 0.260. The van der Waals surface area contributed by atoms with Gasteiger partial charge in [-0.1, -0.05) is 83.9 Å². The van der Waals surface area contributed by atoms with E-state index in [4.69, 9.17) is 4.52 Å². The molecule has 156 valence electrons. The molecule has 1 aromatic carbocycles. The molecule has 3 nitrogen and oxygen atoms in total. The van der Waals surface area contributed by atoms with Crippen molar-refractivity contribution >= 4 is 8.60 Å². The highest BCUT2D eigenvalue weighted by Gasteiger charge is 2.15. The highest BCUT2D eigenvalue weighted by Crippen LogP contribution is 2.37. The Morgan fingerprint density at radius 3 is 1.59 bits per heavy atom. The van der Waals surface area contributed by atoms with Gasteiger partial charge in [0.25, 0.3) is 0 Å². The van der Waals surface area contributed by atoms with Crippen molar-refractivity contribution in [3.05, 3.63) is 28.8 Å². The van der Waals surface area contributed by atoms with Gasteiger partial charge in [0, 0.05) is 0 Å². The number of benzene rings is 1. The topological polar surface area (TPSA) is 49.7 Å². The molecule has 4 heteroatoms. The Labute approximate surface area is 168 Å². The van der Waals surface area contributed by atoms with Gasteiger partial charge in [0.15, 0.2) is 0 Å². The highest BCUT2D eigenvalue weighted by atomic mass is 31.2. The van der Waals surface area contributed by atoms with E-state index in [0.29, 0.717) is 0 Å². The van der Waals surface area contributed by atoms with Crippen LogP contribution in [0.3, 0.4) is 0 Å². The summed E-state index contributed by atoms with van der Waals surface area (Å²) in [5.74, 6) is 2.25. The van der Waals surface area contributed by atoms with E-state index in [9.17, 15) is 9.79 Å². The zero-order valence-electron chi connectivity index (χ0n) is 18.1. The molecule has 1 aromatic rings. The second-order valence-electron chi connectivity index (χ2n) is 8.74. The molecule has 0 amide bonds. The lowest BCUT2D eigenvalue weighted by Gasteiger charge is -2.17. The molecule has 0 fully saturated rings. The van der Waals surface area contributed by atoms with Crippen LogP contribution in [0.5, 0.6) is 5.75 Å². The van der Waals surface area contributed by atoms with Gasteiger partial charge in [-0.25, -0.2) is 0 Å².